The second-order valence-electron chi connectivity index (χ2n) is 8.51. The van der Waals surface area contributed by atoms with E-state index in [1.54, 1.807) is 11.8 Å². The van der Waals surface area contributed by atoms with Crippen LogP contribution in [0.25, 0.3) is 0 Å². The molecule has 1 aromatic rings. The molecule has 0 aliphatic heterocycles. The Morgan fingerprint density at radius 2 is 1.97 bits per heavy atom. The molecule has 0 aromatic heterocycles. The third-order valence-electron chi connectivity index (χ3n) is 6.10. The highest BCUT2D eigenvalue weighted by atomic mass is 32.2. The number of carboxylic acids is 1. The lowest BCUT2D eigenvalue weighted by Gasteiger charge is -2.24. The van der Waals surface area contributed by atoms with E-state index in [1.807, 2.05) is 25.1 Å². The largest absolute Gasteiger partial charge is 0.481 e. The first-order valence-electron chi connectivity index (χ1n) is 11.0. The van der Waals surface area contributed by atoms with Crippen molar-refractivity contribution in [2.45, 2.75) is 87.9 Å². The van der Waals surface area contributed by atoms with Gasteiger partial charge in [-0.15, -0.1) is 11.8 Å². The Balaban J connectivity index is 1.76. The summed E-state index contributed by atoms with van der Waals surface area (Å²) in [6.07, 6.45) is 5.11. The van der Waals surface area contributed by atoms with Gasteiger partial charge in [0.1, 0.15) is 0 Å². The number of aliphatic hydroxyl groups is 2. The van der Waals surface area contributed by atoms with Crippen LogP contribution in [0.15, 0.2) is 34.3 Å². The summed E-state index contributed by atoms with van der Waals surface area (Å²) < 4.78 is 0. The molecule has 1 aromatic carbocycles. The van der Waals surface area contributed by atoms with Gasteiger partial charge in [0.05, 0.1) is 18.2 Å². The maximum absolute atomic E-state index is 11.3. The summed E-state index contributed by atoms with van der Waals surface area (Å²) in [6, 6.07) is 7.81. The van der Waals surface area contributed by atoms with Gasteiger partial charge in [-0.25, -0.2) is 0 Å². The molecule has 3 N–H and O–H groups in total. The van der Waals surface area contributed by atoms with E-state index in [1.165, 1.54) is 5.56 Å². The number of hydrogen-bond acceptors (Lipinski definition) is 6. The van der Waals surface area contributed by atoms with Crippen molar-refractivity contribution in [2.24, 2.45) is 17.0 Å². The van der Waals surface area contributed by atoms with Gasteiger partial charge in [-0.3, -0.25) is 4.79 Å². The quantitative estimate of drug-likeness (QED) is 0.219. The molecule has 1 fully saturated rings. The zero-order valence-corrected chi connectivity index (χ0v) is 18.6. The lowest BCUT2D eigenvalue weighted by molar-refractivity contribution is -0.137. The highest BCUT2D eigenvalue weighted by molar-refractivity contribution is 7.99. The van der Waals surface area contributed by atoms with Gasteiger partial charge < -0.3 is 15.3 Å². The van der Waals surface area contributed by atoms with Crippen molar-refractivity contribution < 1.29 is 20.1 Å². The van der Waals surface area contributed by atoms with Crippen LogP contribution < -0.4 is 0 Å². The maximum Gasteiger partial charge on any atom is 0.303 e. The molecule has 1 saturated carbocycles. The Morgan fingerprint density at radius 3 is 2.67 bits per heavy atom. The first-order valence-corrected chi connectivity index (χ1v) is 12.0. The van der Waals surface area contributed by atoms with Gasteiger partial charge in [-0.1, -0.05) is 42.1 Å². The van der Waals surface area contributed by atoms with E-state index in [2.05, 4.69) is 11.2 Å². The number of nitroso groups, excluding NO2 is 1. The van der Waals surface area contributed by atoms with E-state index >= 15 is 0 Å². The van der Waals surface area contributed by atoms with E-state index in [-0.39, 0.29) is 24.3 Å². The van der Waals surface area contributed by atoms with Crippen LogP contribution in [0.4, 0.5) is 0 Å². The maximum atomic E-state index is 11.3. The predicted octanol–water partition coefficient (Wildman–Crippen LogP) is 4.79. The Bertz CT molecular complexity index is 671. The lowest BCUT2D eigenvalue weighted by Crippen LogP contribution is -2.23. The molecule has 2 rings (SSSR count). The Morgan fingerprint density at radius 1 is 1.20 bits per heavy atom. The molecule has 6 nitrogen and oxygen atoms in total. The molecule has 0 bridgehead atoms. The van der Waals surface area contributed by atoms with Gasteiger partial charge in [0.25, 0.3) is 0 Å². The van der Waals surface area contributed by atoms with E-state index in [0.717, 1.165) is 30.6 Å². The number of aliphatic carboxylic acids is 1. The van der Waals surface area contributed by atoms with Crippen LogP contribution >= 0.6 is 11.8 Å². The van der Waals surface area contributed by atoms with Crippen molar-refractivity contribution >= 4 is 17.7 Å². The van der Waals surface area contributed by atoms with Gasteiger partial charge in [-0.2, -0.15) is 4.91 Å². The minimum Gasteiger partial charge on any atom is -0.481 e. The number of thioether (sulfide) groups is 1. The van der Waals surface area contributed by atoms with Crippen molar-refractivity contribution in [3.8, 4) is 0 Å². The second-order valence-corrected chi connectivity index (χ2v) is 9.60. The topological polar surface area (TPSA) is 107 Å². The summed E-state index contributed by atoms with van der Waals surface area (Å²) in [4.78, 5) is 23.0. The monoisotopic (exact) mass is 437 g/mol. The molecule has 1 aliphatic rings. The highest BCUT2D eigenvalue weighted by Gasteiger charge is 2.42. The fourth-order valence-electron chi connectivity index (χ4n) is 4.48. The molecule has 168 valence electrons. The van der Waals surface area contributed by atoms with E-state index in [9.17, 15) is 19.9 Å². The van der Waals surface area contributed by atoms with Crippen molar-refractivity contribution in [3.63, 3.8) is 0 Å². The number of hydrogen-bond donors (Lipinski definition) is 3. The van der Waals surface area contributed by atoms with Gasteiger partial charge in [0.2, 0.25) is 0 Å². The van der Waals surface area contributed by atoms with Crippen molar-refractivity contribution in [2.75, 3.05) is 5.75 Å². The van der Waals surface area contributed by atoms with E-state index in [0.29, 0.717) is 31.4 Å². The second kappa shape index (κ2) is 13.1. The third kappa shape index (κ3) is 8.36. The van der Waals surface area contributed by atoms with E-state index < -0.39 is 18.2 Å². The van der Waals surface area contributed by atoms with Crippen LogP contribution in [0.3, 0.4) is 0 Å². The molecular formula is C23H35NO5S. The zero-order chi connectivity index (χ0) is 21.9. The van der Waals surface area contributed by atoms with Crippen LogP contribution in [0, 0.1) is 23.7 Å². The summed E-state index contributed by atoms with van der Waals surface area (Å²) in [7, 11) is 0. The molecule has 1 aliphatic carbocycles. The van der Waals surface area contributed by atoms with E-state index in [4.69, 9.17) is 5.11 Å². The summed E-state index contributed by atoms with van der Waals surface area (Å²) >= 11 is 1.63. The van der Waals surface area contributed by atoms with Crippen molar-refractivity contribution in [1.82, 2.24) is 0 Å². The average molecular weight is 438 g/mol. The number of unbranched alkanes of at least 4 members (excludes halogenated alkanes) is 3. The molecule has 0 spiro atoms. The summed E-state index contributed by atoms with van der Waals surface area (Å²) in [6.45, 7) is 2.05. The average Bonchev–Trinajstić information content (AvgIpc) is 3.02. The molecule has 0 heterocycles. The molecule has 0 saturated heterocycles. The first kappa shape index (κ1) is 24.8. The molecular weight excluding hydrogens is 402 g/mol. The number of nitrogens with zero attached hydrogens (tertiary/aromatic N) is 1. The highest BCUT2D eigenvalue weighted by Crippen LogP contribution is 2.41. The standard InChI is InChI=1S/C23H35NO5S/c1-16-7-6-8-18(13-16)30-15-17(25)11-12-19-20(22(26)14-21(19)24-29)9-4-2-3-5-10-23(27)28/h6-8,13,17,19-22,25-26H,2-5,9-12,14-15H2,1H3,(H,27,28)/t17-,19-,20-,21?,22+/m1/s1. The minimum absolute atomic E-state index is 0.00939. The summed E-state index contributed by atoms with van der Waals surface area (Å²) in [5.74, 6) is -0.120. The normalized spacial score (nSPS) is 24.6. The van der Waals surface area contributed by atoms with Crippen molar-refractivity contribution in [1.29, 1.82) is 0 Å². The van der Waals surface area contributed by atoms with Gasteiger partial charge >= 0.3 is 5.97 Å². The Labute approximate surface area is 183 Å². The number of carbonyl (C=O) groups is 1. The van der Waals surface area contributed by atoms with Crippen LogP contribution in [0.5, 0.6) is 0 Å². The van der Waals surface area contributed by atoms with Crippen LogP contribution in [-0.2, 0) is 4.79 Å². The van der Waals surface area contributed by atoms with Crippen LogP contribution in [0.1, 0.15) is 63.4 Å². The number of aliphatic hydroxyl groups excluding tert-OH is 2. The lowest BCUT2D eigenvalue weighted by atomic mass is 9.84. The molecule has 1 unspecified atom stereocenters. The predicted molar refractivity (Wildman–Crippen MR) is 120 cm³/mol. The molecule has 30 heavy (non-hydrogen) atoms. The Kier molecular flexibility index (Phi) is 10.8. The molecule has 5 atom stereocenters. The SMILES string of the molecule is Cc1cccc(SC[C@H](O)CC[C@H]2C(N=O)C[C@H](O)[C@@H]2CCCCCCC(=O)O)c1. The molecule has 0 amide bonds. The van der Waals surface area contributed by atoms with Gasteiger partial charge in [0, 0.05) is 17.1 Å². The fraction of sp³-hybridized carbons (Fsp3) is 0.696. The van der Waals surface area contributed by atoms with Gasteiger partial charge in [-0.05, 0) is 63.0 Å². The third-order valence-corrected chi connectivity index (χ3v) is 7.24. The minimum atomic E-state index is -0.764. The molecule has 0 radical (unpaired) electrons. The number of rotatable bonds is 14. The smallest absolute Gasteiger partial charge is 0.303 e. The van der Waals surface area contributed by atoms with Crippen molar-refractivity contribution in [3.05, 3.63) is 34.7 Å². The Hall–Kier alpha value is -1.44. The molecule has 7 heteroatoms. The zero-order valence-electron chi connectivity index (χ0n) is 17.8. The number of aryl methyl sites for hydroxylation is 1. The number of benzene rings is 1. The fourth-order valence-corrected chi connectivity index (χ4v) is 5.47. The first-order chi connectivity index (χ1) is 14.4. The summed E-state index contributed by atoms with van der Waals surface area (Å²) in [5, 5.41) is 32.8. The number of carboxylic acid groups (broad SMARTS) is 1. The van der Waals surface area contributed by atoms with Crippen LogP contribution in [0.2, 0.25) is 0 Å². The summed E-state index contributed by atoms with van der Waals surface area (Å²) in [5.41, 5.74) is 1.19. The van der Waals surface area contributed by atoms with Crippen LogP contribution in [-0.4, -0.2) is 45.3 Å². The van der Waals surface area contributed by atoms with Gasteiger partial charge in [0.15, 0.2) is 0 Å².